The van der Waals surface area contributed by atoms with E-state index in [0.29, 0.717) is 6.61 Å². The summed E-state index contributed by atoms with van der Waals surface area (Å²) in [4.78, 5) is 10.2. The fraction of sp³-hybridized carbons (Fsp3) is 1.00. The van der Waals surface area contributed by atoms with Gasteiger partial charge < -0.3 is 9.84 Å². The first kappa shape index (κ1) is 20.2. The van der Waals surface area contributed by atoms with E-state index in [1.165, 1.54) is 0 Å². The fourth-order valence-corrected chi connectivity index (χ4v) is 0.663. The van der Waals surface area contributed by atoms with Gasteiger partial charge in [-0.1, -0.05) is 13.3 Å². The third-order valence-electron chi connectivity index (χ3n) is 1.42. The van der Waals surface area contributed by atoms with Gasteiger partial charge >= 0.3 is 0 Å². The minimum absolute atomic E-state index is 0.143. The van der Waals surface area contributed by atoms with E-state index < -0.39 is 0 Å². The second-order valence-electron chi connectivity index (χ2n) is 6.08. The average Bonchev–Trinajstić information content (AvgIpc) is 2.21. The van der Waals surface area contributed by atoms with Gasteiger partial charge in [0.1, 0.15) is 0 Å². The summed E-state index contributed by atoms with van der Waals surface area (Å²) in [5.41, 5.74) is -0.430. The molecule has 0 fully saturated rings. The number of aliphatic hydroxyl groups excluding tert-OH is 1. The summed E-state index contributed by atoms with van der Waals surface area (Å²) in [7, 11) is 0. The highest BCUT2D eigenvalue weighted by Gasteiger charge is 2.18. The van der Waals surface area contributed by atoms with Crippen LogP contribution in [0.1, 0.15) is 61.3 Å². The maximum atomic E-state index is 8.24. The highest BCUT2D eigenvalue weighted by molar-refractivity contribution is 4.58. The molecule has 0 spiro atoms. The largest absolute Gasteiger partial charge is 0.394 e. The zero-order chi connectivity index (χ0) is 14.7. The lowest BCUT2D eigenvalue weighted by atomic mass is 10.2. The molecule has 0 aliphatic heterocycles. The molecule has 4 heteroatoms. The van der Waals surface area contributed by atoms with Crippen molar-refractivity contribution in [2.45, 2.75) is 72.5 Å². The molecule has 0 amide bonds. The number of aliphatic hydroxyl groups is 1. The molecule has 0 radical (unpaired) electrons. The van der Waals surface area contributed by atoms with Crippen molar-refractivity contribution in [1.29, 1.82) is 0 Å². The monoisotopic (exact) mass is 264 g/mol. The van der Waals surface area contributed by atoms with Crippen LogP contribution >= 0.6 is 0 Å². The van der Waals surface area contributed by atoms with Gasteiger partial charge in [-0.25, -0.2) is 9.78 Å². The van der Waals surface area contributed by atoms with Crippen LogP contribution in [-0.4, -0.2) is 36.1 Å². The van der Waals surface area contributed by atoms with Crippen molar-refractivity contribution in [2.24, 2.45) is 0 Å². The lowest BCUT2D eigenvalue weighted by Crippen LogP contribution is -2.27. The molecule has 18 heavy (non-hydrogen) atoms. The average molecular weight is 264 g/mol. The summed E-state index contributed by atoms with van der Waals surface area (Å²) in [5, 5.41) is 8.24. The molecule has 112 valence electrons. The maximum Gasteiger partial charge on any atom is 0.0952 e. The molecule has 1 N–H and O–H groups in total. The highest BCUT2D eigenvalue weighted by Crippen LogP contribution is 2.14. The molecule has 4 nitrogen and oxygen atoms in total. The van der Waals surface area contributed by atoms with Gasteiger partial charge in [-0.3, -0.25) is 0 Å². The van der Waals surface area contributed by atoms with Gasteiger partial charge in [0.05, 0.1) is 24.4 Å². The molecule has 0 aromatic heterocycles. The summed E-state index contributed by atoms with van der Waals surface area (Å²) in [5.74, 6) is 0. The minimum Gasteiger partial charge on any atom is -0.394 e. The van der Waals surface area contributed by atoms with Crippen LogP contribution in [0.5, 0.6) is 0 Å². The number of ether oxygens (including phenoxy) is 1. The third-order valence-corrected chi connectivity index (χ3v) is 1.42. The first-order valence-electron chi connectivity index (χ1n) is 6.68. The Morgan fingerprint density at radius 3 is 1.56 bits per heavy atom. The van der Waals surface area contributed by atoms with Gasteiger partial charge in [0.2, 0.25) is 0 Å². The minimum atomic E-state index is -0.215. The molecule has 0 aliphatic rings. The fourth-order valence-electron chi connectivity index (χ4n) is 0.663. The molecule has 0 aromatic rings. The summed E-state index contributed by atoms with van der Waals surface area (Å²) in [6, 6.07) is 0. The number of rotatable bonds is 6. The molecule has 0 rings (SSSR count). The predicted molar refractivity (Wildman–Crippen MR) is 74.5 cm³/mol. The smallest absolute Gasteiger partial charge is 0.0952 e. The van der Waals surface area contributed by atoms with Crippen LogP contribution < -0.4 is 0 Å². The second-order valence-corrected chi connectivity index (χ2v) is 6.08. The van der Waals surface area contributed by atoms with Gasteiger partial charge in [0, 0.05) is 6.61 Å². The Kier molecular flexibility index (Phi) is 12.0. The summed E-state index contributed by atoms with van der Waals surface area (Å²) in [6.07, 6.45) is 2.26. The van der Waals surface area contributed by atoms with Crippen LogP contribution in [0.2, 0.25) is 0 Å². The Morgan fingerprint density at radius 2 is 1.28 bits per heavy atom. The predicted octanol–water partition coefficient (Wildman–Crippen LogP) is 3.33. The second kappa shape index (κ2) is 10.7. The van der Waals surface area contributed by atoms with Crippen molar-refractivity contribution in [3.63, 3.8) is 0 Å². The molecular weight excluding hydrogens is 232 g/mol. The van der Waals surface area contributed by atoms with Crippen molar-refractivity contribution < 1.29 is 19.6 Å². The van der Waals surface area contributed by atoms with Crippen LogP contribution in [-0.2, 0) is 14.5 Å². The summed E-state index contributed by atoms with van der Waals surface area (Å²) in [6.45, 7) is 15.3. The van der Waals surface area contributed by atoms with E-state index in [9.17, 15) is 0 Å². The lowest BCUT2D eigenvalue weighted by Gasteiger charge is -2.24. The maximum absolute atomic E-state index is 8.24. The summed E-state index contributed by atoms with van der Waals surface area (Å²) < 4.78 is 4.97. The molecule has 0 heterocycles. The van der Waals surface area contributed by atoms with Crippen molar-refractivity contribution in [3.05, 3.63) is 0 Å². The normalized spacial score (nSPS) is 12.0. The van der Waals surface area contributed by atoms with Gasteiger partial charge in [-0.05, 0) is 48.0 Å². The van der Waals surface area contributed by atoms with E-state index in [-0.39, 0.29) is 17.8 Å². The Bertz CT molecular complexity index is 148. The molecule has 0 unspecified atom stereocenters. The van der Waals surface area contributed by atoms with Crippen molar-refractivity contribution >= 4 is 0 Å². The van der Waals surface area contributed by atoms with Gasteiger partial charge in [0.15, 0.2) is 0 Å². The molecule has 0 aromatic carbocycles. The molecule has 0 atom stereocenters. The number of unbranched alkanes of at least 4 members (excludes halogenated alkanes) is 1. The van der Waals surface area contributed by atoms with Gasteiger partial charge in [-0.15, -0.1) is 0 Å². The van der Waals surface area contributed by atoms with Crippen LogP contribution in [0, 0.1) is 0 Å². The number of hydrogen-bond donors (Lipinski definition) is 1. The molecule has 0 bridgehead atoms. The summed E-state index contributed by atoms with van der Waals surface area (Å²) >= 11 is 0. The topological polar surface area (TPSA) is 47.9 Å². The van der Waals surface area contributed by atoms with Crippen molar-refractivity contribution in [2.75, 3.05) is 19.8 Å². The van der Waals surface area contributed by atoms with E-state index in [1.807, 2.05) is 41.5 Å². The van der Waals surface area contributed by atoms with Crippen molar-refractivity contribution in [3.8, 4) is 0 Å². The van der Waals surface area contributed by atoms with Gasteiger partial charge in [0.25, 0.3) is 0 Å². The van der Waals surface area contributed by atoms with E-state index in [0.717, 1.165) is 19.4 Å². The van der Waals surface area contributed by atoms with E-state index in [1.54, 1.807) is 0 Å². The Hall–Kier alpha value is -0.160. The van der Waals surface area contributed by atoms with Crippen LogP contribution in [0.25, 0.3) is 0 Å². The van der Waals surface area contributed by atoms with E-state index in [4.69, 9.17) is 19.6 Å². The first-order valence-corrected chi connectivity index (χ1v) is 6.68. The molecule has 0 saturated carbocycles. The van der Waals surface area contributed by atoms with E-state index in [2.05, 4.69) is 6.92 Å². The van der Waals surface area contributed by atoms with Crippen LogP contribution in [0.4, 0.5) is 0 Å². The van der Waals surface area contributed by atoms with Crippen LogP contribution in [0.15, 0.2) is 0 Å². The molecule has 0 aliphatic carbocycles. The van der Waals surface area contributed by atoms with Crippen molar-refractivity contribution in [1.82, 2.24) is 0 Å². The standard InChI is InChI=1S/C8H18O2.C6H14O2/c1-7(2,3)9-10-8(4,5)6;1-2-3-5-8-6-4-7/h1-6H3;7H,2-6H2,1H3. The molecular formula is C14H32O4. The Morgan fingerprint density at radius 1 is 0.833 bits per heavy atom. The highest BCUT2D eigenvalue weighted by atomic mass is 17.2. The zero-order valence-corrected chi connectivity index (χ0v) is 13.2. The zero-order valence-electron chi connectivity index (χ0n) is 13.2. The Balaban J connectivity index is 0. The SMILES string of the molecule is CC(C)(C)OOC(C)(C)C.CCCCOCCO. The molecule has 0 saturated heterocycles. The van der Waals surface area contributed by atoms with Gasteiger partial charge in [-0.2, -0.15) is 0 Å². The third kappa shape index (κ3) is 24.9. The number of hydrogen-bond acceptors (Lipinski definition) is 4. The van der Waals surface area contributed by atoms with Crippen LogP contribution in [0.3, 0.4) is 0 Å². The van der Waals surface area contributed by atoms with E-state index >= 15 is 0 Å². The lowest BCUT2D eigenvalue weighted by molar-refractivity contribution is -0.393. The first-order chi connectivity index (χ1) is 8.12. The quantitative estimate of drug-likeness (QED) is 0.454. The Labute approximate surface area is 113 Å².